The Kier molecular flexibility index (Phi) is 7.17. The molecule has 0 radical (unpaired) electrons. The van der Waals surface area contributed by atoms with E-state index < -0.39 is 11.6 Å². The van der Waals surface area contributed by atoms with E-state index in [0.29, 0.717) is 31.9 Å². The molecule has 2 aromatic carbocycles. The summed E-state index contributed by atoms with van der Waals surface area (Å²) in [5.41, 5.74) is 1.09. The number of ether oxygens (including phenoxy) is 2. The van der Waals surface area contributed by atoms with Crippen LogP contribution in [0.15, 0.2) is 54.6 Å². The topological polar surface area (TPSA) is 71.1 Å². The Hall–Kier alpha value is -3.06. The second-order valence-electron chi connectivity index (χ2n) is 8.53. The second-order valence-corrected chi connectivity index (χ2v) is 8.53. The lowest BCUT2D eigenvalue weighted by atomic mass is 10.0. The third-order valence-corrected chi connectivity index (χ3v) is 5.05. The molecule has 0 aliphatic carbocycles. The fourth-order valence-corrected chi connectivity index (χ4v) is 3.54. The van der Waals surface area contributed by atoms with Gasteiger partial charge in [0.1, 0.15) is 17.4 Å². The first kappa shape index (κ1) is 22.6. The molecule has 2 aromatic rings. The molecule has 1 fully saturated rings. The molecule has 0 spiro atoms. The number of carbonyl (C=O) groups is 2. The Labute approximate surface area is 183 Å². The lowest BCUT2D eigenvalue weighted by Gasteiger charge is -2.39. The largest absolute Gasteiger partial charge is 0.497 e. The normalized spacial score (nSPS) is 15.8. The third-order valence-electron chi connectivity index (χ3n) is 5.05. The molecule has 1 N–H and O–H groups in total. The minimum absolute atomic E-state index is 0.109. The number of anilines is 1. The molecule has 0 saturated carbocycles. The molecule has 1 aliphatic heterocycles. The number of carbonyl (C=O) groups excluding carboxylic acids is 2. The molecule has 0 aromatic heterocycles. The Bertz CT molecular complexity index is 870. The van der Waals surface area contributed by atoms with Crippen LogP contribution in [0.4, 0.5) is 10.5 Å². The van der Waals surface area contributed by atoms with Crippen molar-refractivity contribution in [3.8, 4) is 5.75 Å². The highest BCUT2D eigenvalue weighted by Crippen LogP contribution is 2.25. The van der Waals surface area contributed by atoms with Crippen molar-refractivity contribution in [1.82, 2.24) is 9.80 Å². The lowest BCUT2D eigenvalue weighted by Crippen LogP contribution is -2.52. The van der Waals surface area contributed by atoms with Crippen LogP contribution in [-0.2, 0) is 9.53 Å². The average molecular weight is 426 g/mol. The highest BCUT2D eigenvalue weighted by molar-refractivity contribution is 5.95. The van der Waals surface area contributed by atoms with Gasteiger partial charge >= 0.3 is 6.09 Å². The Morgan fingerprint density at radius 1 is 0.935 bits per heavy atom. The van der Waals surface area contributed by atoms with Crippen molar-refractivity contribution in [1.29, 1.82) is 0 Å². The van der Waals surface area contributed by atoms with Gasteiger partial charge in [0.05, 0.1) is 7.11 Å². The number of amides is 2. The van der Waals surface area contributed by atoms with Gasteiger partial charge in [-0.3, -0.25) is 9.69 Å². The lowest BCUT2D eigenvalue weighted by molar-refractivity contribution is -0.122. The molecule has 1 saturated heterocycles. The van der Waals surface area contributed by atoms with Crippen molar-refractivity contribution < 1.29 is 19.1 Å². The highest BCUT2D eigenvalue weighted by atomic mass is 16.6. The van der Waals surface area contributed by atoms with Crippen LogP contribution in [0.3, 0.4) is 0 Å². The van der Waals surface area contributed by atoms with Crippen LogP contribution in [0.5, 0.6) is 5.75 Å². The van der Waals surface area contributed by atoms with E-state index in [2.05, 4.69) is 10.2 Å². The molecular weight excluding hydrogens is 394 g/mol. The van der Waals surface area contributed by atoms with Gasteiger partial charge in [-0.1, -0.05) is 30.3 Å². The van der Waals surface area contributed by atoms with E-state index in [0.717, 1.165) is 11.3 Å². The zero-order valence-electron chi connectivity index (χ0n) is 18.6. The SMILES string of the molecule is COc1ccc(NC(=O)C(c2ccccc2)N2CCN(C(=O)OC(C)(C)C)CC2)cc1. The number of benzene rings is 2. The molecule has 1 unspecified atom stereocenters. The number of nitrogens with zero attached hydrogens (tertiary/aromatic N) is 2. The molecule has 3 rings (SSSR count). The summed E-state index contributed by atoms with van der Waals surface area (Å²) in [5, 5.41) is 3.01. The van der Waals surface area contributed by atoms with Crippen LogP contribution in [0.2, 0.25) is 0 Å². The highest BCUT2D eigenvalue weighted by Gasteiger charge is 2.33. The molecule has 0 bridgehead atoms. The standard InChI is InChI=1S/C24H31N3O4/c1-24(2,3)31-23(29)27-16-14-26(15-17-27)21(18-8-6-5-7-9-18)22(28)25-19-10-12-20(30-4)13-11-19/h5-13,21H,14-17H2,1-4H3,(H,25,28). The summed E-state index contributed by atoms with van der Waals surface area (Å²) in [6, 6.07) is 16.5. The van der Waals surface area contributed by atoms with Gasteiger partial charge in [0.2, 0.25) is 5.91 Å². The molecule has 2 amide bonds. The zero-order valence-corrected chi connectivity index (χ0v) is 18.6. The van der Waals surface area contributed by atoms with Crippen molar-refractivity contribution in [2.24, 2.45) is 0 Å². The van der Waals surface area contributed by atoms with Gasteiger partial charge < -0.3 is 19.7 Å². The fourth-order valence-electron chi connectivity index (χ4n) is 3.54. The molecule has 1 heterocycles. The Morgan fingerprint density at radius 2 is 1.55 bits per heavy atom. The van der Waals surface area contributed by atoms with Crippen molar-refractivity contribution in [2.75, 3.05) is 38.6 Å². The summed E-state index contributed by atoms with van der Waals surface area (Å²) < 4.78 is 10.7. The van der Waals surface area contributed by atoms with Crippen LogP contribution in [0.25, 0.3) is 0 Å². The van der Waals surface area contributed by atoms with E-state index in [4.69, 9.17) is 9.47 Å². The van der Waals surface area contributed by atoms with Gasteiger partial charge in [-0.25, -0.2) is 4.79 Å². The van der Waals surface area contributed by atoms with Gasteiger partial charge in [-0.05, 0) is 50.6 Å². The summed E-state index contributed by atoms with van der Waals surface area (Å²) in [6.07, 6.45) is -0.314. The van der Waals surface area contributed by atoms with Gasteiger partial charge in [-0.2, -0.15) is 0 Å². The number of hydrogen-bond acceptors (Lipinski definition) is 5. The number of rotatable bonds is 5. The third kappa shape index (κ3) is 6.21. The molecule has 1 aliphatic rings. The molecule has 7 heteroatoms. The quantitative estimate of drug-likeness (QED) is 0.786. The summed E-state index contributed by atoms with van der Waals surface area (Å²) in [6.45, 7) is 7.74. The Morgan fingerprint density at radius 3 is 2.10 bits per heavy atom. The predicted molar refractivity (Wildman–Crippen MR) is 120 cm³/mol. The van der Waals surface area contributed by atoms with Crippen molar-refractivity contribution in [2.45, 2.75) is 32.4 Å². The van der Waals surface area contributed by atoms with Gasteiger partial charge in [0.15, 0.2) is 0 Å². The van der Waals surface area contributed by atoms with Crippen molar-refractivity contribution in [3.63, 3.8) is 0 Å². The van der Waals surface area contributed by atoms with E-state index >= 15 is 0 Å². The summed E-state index contributed by atoms with van der Waals surface area (Å²) in [7, 11) is 1.61. The molecule has 166 valence electrons. The first-order chi connectivity index (χ1) is 14.8. The summed E-state index contributed by atoms with van der Waals surface area (Å²) >= 11 is 0. The zero-order chi connectivity index (χ0) is 22.4. The van der Waals surface area contributed by atoms with E-state index in [9.17, 15) is 9.59 Å². The maximum Gasteiger partial charge on any atom is 0.410 e. The smallest absolute Gasteiger partial charge is 0.410 e. The van der Waals surface area contributed by atoms with Gasteiger partial charge in [0.25, 0.3) is 0 Å². The predicted octanol–water partition coefficient (Wildman–Crippen LogP) is 3.93. The van der Waals surface area contributed by atoms with E-state index in [-0.39, 0.29) is 12.0 Å². The summed E-state index contributed by atoms with van der Waals surface area (Å²) in [5.74, 6) is 0.623. The van der Waals surface area contributed by atoms with E-state index in [1.807, 2.05) is 75.4 Å². The Balaban J connectivity index is 1.71. The second kappa shape index (κ2) is 9.83. The van der Waals surface area contributed by atoms with Crippen molar-refractivity contribution in [3.05, 3.63) is 60.2 Å². The van der Waals surface area contributed by atoms with Crippen LogP contribution in [-0.4, -0.2) is 60.7 Å². The van der Waals surface area contributed by atoms with Crippen molar-refractivity contribution >= 4 is 17.7 Å². The minimum Gasteiger partial charge on any atom is -0.497 e. The maximum atomic E-state index is 13.3. The molecule has 7 nitrogen and oxygen atoms in total. The first-order valence-corrected chi connectivity index (χ1v) is 10.5. The maximum absolute atomic E-state index is 13.3. The minimum atomic E-state index is -0.529. The van der Waals surface area contributed by atoms with Gasteiger partial charge in [-0.15, -0.1) is 0 Å². The van der Waals surface area contributed by atoms with Crippen LogP contribution in [0, 0.1) is 0 Å². The van der Waals surface area contributed by atoms with Crippen LogP contribution < -0.4 is 10.1 Å². The monoisotopic (exact) mass is 425 g/mol. The van der Waals surface area contributed by atoms with E-state index in [1.165, 1.54) is 0 Å². The average Bonchev–Trinajstić information content (AvgIpc) is 2.74. The molecular formula is C24H31N3O4. The molecule has 31 heavy (non-hydrogen) atoms. The van der Waals surface area contributed by atoms with Gasteiger partial charge in [0, 0.05) is 31.9 Å². The number of piperazine rings is 1. The van der Waals surface area contributed by atoms with E-state index in [1.54, 1.807) is 12.0 Å². The number of nitrogens with one attached hydrogen (secondary N) is 1. The number of hydrogen-bond donors (Lipinski definition) is 1. The van der Waals surface area contributed by atoms with Crippen LogP contribution >= 0.6 is 0 Å². The number of methoxy groups -OCH3 is 1. The van der Waals surface area contributed by atoms with Crippen LogP contribution in [0.1, 0.15) is 32.4 Å². The first-order valence-electron chi connectivity index (χ1n) is 10.5. The fraction of sp³-hybridized carbons (Fsp3) is 0.417. The summed E-state index contributed by atoms with van der Waals surface area (Å²) in [4.78, 5) is 29.5. The molecule has 1 atom stereocenters.